The number of carbonyl (C=O) groups excluding carboxylic acids is 1. The first-order valence-electron chi connectivity index (χ1n) is 9.42. The molecule has 0 aliphatic heterocycles. The first-order valence-corrected chi connectivity index (χ1v) is 10.4. The lowest BCUT2D eigenvalue weighted by Gasteiger charge is -2.14. The fourth-order valence-electron chi connectivity index (χ4n) is 3.68. The number of aromatic nitrogens is 2. The third kappa shape index (κ3) is 4.50. The average Bonchev–Trinajstić information content (AvgIpc) is 3.31. The molecule has 1 aromatic carbocycles. The molecule has 6 heteroatoms. The summed E-state index contributed by atoms with van der Waals surface area (Å²) in [4.78, 5) is 17.1. The predicted octanol–water partition coefficient (Wildman–Crippen LogP) is 4.99. The Bertz CT molecular complexity index is 948. The van der Waals surface area contributed by atoms with Crippen molar-refractivity contribution in [1.29, 1.82) is 0 Å². The molecule has 5 nitrogen and oxygen atoms in total. The number of rotatable bonds is 6. The number of hydrogen-bond donors (Lipinski definition) is 1. The molecule has 3 aromatic rings. The van der Waals surface area contributed by atoms with Crippen LogP contribution in [0.5, 0.6) is 0 Å². The number of hydrogen-bond acceptors (Lipinski definition) is 5. The number of nitrogens with one attached hydrogen (secondary N) is 1. The van der Waals surface area contributed by atoms with Crippen molar-refractivity contribution in [1.82, 2.24) is 10.1 Å². The van der Waals surface area contributed by atoms with Crippen LogP contribution in [0, 0.1) is 12.8 Å². The zero-order valence-electron chi connectivity index (χ0n) is 15.4. The maximum Gasteiger partial charge on any atom is 0.236 e. The lowest BCUT2D eigenvalue weighted by Crippen LogP contribution is -2.14. The number of anilines is 1. The SMILES string of the molecule is Cc1cc(NC(=O)CSc2nc3ccccc3cc2CC2CCCC2)no1. The molecule has 0 bridgehead atoms. The second kappa shape index (κ2) is 8.13. The van der Waals surface area contributed by atoms with E-state index in [0.29, 0.717) is 17.3 Å². The summed E-state index contributed by atoms with van der Waals surface area (Å²) in [5.74, 6) is 2.06. The van der Waals surface area contributed by atoms with Crippen LogP contribution in [-0.4, -0.2) is 21.8 Å². The molecule has 0 unspecified atom stereocenters. The molecule has 1 fully saturated rings. The highest BCUT2D eigenvalue weighted by molar-refractivity contribution is 8.00. The second-order valence-corrected chi connectivity index (χ2v) is 8.12. The van der Waals surface area contributed by atoms with Crippen LogP contribution in [0.25, 0.3) is 10.9 Å². The van der Waals surface area contributed by atoms with Gasteiger partial charge in [-0.3, -0.25) is 4.79 Å². The average molecular weight is 382 g/mol. The van der Waals surface area contributed by atoms with Gasteiger partial charge in [-0.25, -0.2) is 4.98 Å². The van der Waals surface area contributed by atoms with Gasteiger partial charge in [0.25, 0.3) is 0 Å². The first kappa shape index (κ1) is 18.0. The largest absolute Gasteiger partial charge is 0.360 e. The molecule has 0 radical (unpaired) electrons. The van der Waals surface area contributed by atoms with Crippen LogP contribution in [-0.2, 0) is 11.2 Å². The number of amides is 1. The van der Waals surface area contributed by atoms with Crippen LogP contribution in [0.2, 0.25) is 0 Å². The van der Waals surface area contributed by atoms with Gasteiger partial charge in [-0.15, -0.1) is 0 Å². The van der Waals surface area contributed by atoms with Gasteiger partial charge in [0.05, 0.1) is 11.3 Å². The fraction of sp³-hybridized carbons (Fsp3) is 0.381. The Labute approximate surface area is 162 Å². The Morgan fingerprint density at radius 2 is 2.07 bits per heavy atom. The van der Waals surface area contributed by atoms with Crippen LogP contribution in [0.3, 0.4) is 0 Å². The summed E-state index contributed by atoms with van der Waals surface area (Å²) < 4.78 is 4.99. The highest BCUT2D eigenvalue weighted by atomic mass is 32.2. The fourth-order valence-corrected chi connectivity index (χ4v) is 4.51. The molecule has 2 heterocycles. The van der Waals surface area contributed by atoms with Crippen molar-refractivity contribution in [2.24, 2.45) is 5.92 Å². The number of para-hydroxylation sites is 1. The topological polar surface area (TPSA) is 68.0 Å². The maximum atomic E-state index is 12.3. The molecule has 0 atom stereocenters. The Kier molecular flexibility index (Phi) is 5.43. The number of aryl methyl sites for hydroxylation is 1. The van der Waals surface area contributed by atoms with Gasteiger partial charge in [-0.1, -0.05) is 60.8 Å². The van der Waals surface area contributed by atoms with Gasteiger partial charge >= 0.3 is 0 Å². The smallest absolute Gasteiger partial charge is 0.236 e. The van der Waals surface area contributed by atoms with E-state index in [4.69, 9.17) is 9.51 Å². The molecule has 0 spiro atoms. The number of fused-ring (bicyclic) bond motifs is 1. The maximum absolute atomic E-state index is 12.3. The monoisotopic (exact) mass is 381 g/mol. The normalized spacial score (nSPS) is 14.7. The van der Waals surface area contributed by atoms with E-state index in [1.54, 1.807) is 13.0 Å². The molecule has 1 aliphatic rings. The minimum absolute atomic E-state index is 0.102. The second-order valence-electron chi connectivity index (χ2n) is 7.16. The van der Waals surface area contributed by atoms with Gasteiger partial charge in [-0.05, 0) is 37.0 Å². The summed E-state index contributed by atoms with van der Waals surface area (Å²) in [7, 11) is 0. The first-order chi connectivity index (χ1) is 13.2. The molecule has 2 aromatic heterocycles. The summed E-state index contributed by atoms with van der Waals surface area (Å²) >= 11 is 1.50. The van der Waals surface area contributed by atoms with Crippen LogP contribution in [0.4, 0.5) is 5.82 Å². The highest BCUT2D eigenvalue weighted by Crippen LogP contribution is 2.32. The molecular weight excluding hydrogens is 358 g/mol. The Morgan fingerprint density at radius 1 is 1.26 bits per heavy atom. The molecule has 140 valence electrons. The Morgan fingerprint density at radius 3 is 2.85 bits per heavy atom. The van der Waals surface area contributed by atoms with Gasteiger partial charge in [0.1, 0.15) is 10.8 Å². The lowest BCUT2D eigenvalue weighted by atomic mass is 9.98. The Hall–Kier alpha value is -2.34. The molecule has 1 N–H and O–H groups in total. The molecule has 4 rings (SSSR count). The zero-order valence-corrected chi connectivity index (χ0v) is 16.2. The van der Waals surface area contributed by atoms with E-state index in [1.165, 1.54) is 43.0 Å². The molecular formula is C21H23N3O2S. The lowest BCUT2D eigenvalue weighted by molar-refractivity contribution is -0.113. The summed E-state index contributed by atoms with van der Waals surface area (Å²) in [6, 6.07) is 12.1. The zero-order chi connectivity index (χ0) is 18.6. The number of nitrogens with zero attached hydrogens (tertiary/aromatic N) is 2. The van der Waals surface area contributed by atoms with Gasteiger partial charge in [-0.2, -0.15) is 0 Å². The van der Waals surface area contributed by atoms with E-state index in [9.17, 15) is 4.79 Å². The molecule has 1 amide bonds. The molecule has 0 saturated heterocycles. The van der Waals surface area contributed by atoms with Crippen LogP contribution in [0.1, 0.15) is 37.0 Å². The van der Waals surface area contributed by atoms with Crippen molar-refractivity contribution in [3.63, 3.8) is 0 Å². The van der Waals surface area contributed by atoms with E-state index in [-0.39, 0.29) is 5.91 Å². The van der Waals surface area contributed by atoms with Crippen molar-refractivity contribution in [3.8, 4) is 0 Å². The number of pyridine rings is 1. The summed E-state index contributed by atoms with van der Waals surface area (Å²) in [6.45, 7) is 1.80. The third-order valence-corrected chi connectivity index (χ3v) is 6.02. The van der Waals surface area contributed by atoms with Crippen molar-refractivity contribution in [2.45, 2.75) is 44.1 Å². The van der Waals surface area contributed by atoms with Gasteiger partial charge in [0.2, 0.25) is 5.91 Å². The van der Waals surface area contributed by atoms with E-state index >= 15 is 0 Å². The van der Waals surface area contributed by atoms with E-state index in [0.717, 1.165) is 28.3 Å². The Balaban J connectivity index is 1.50. The number of carbonyl (C=O) groups is 1. The van der Waals surface area contributed by atoms with Crippen molar-refractivity contribution in [3.05, 3.63) is 47.7 Å². The summed E-state index contributed by atoms with van der Waals surface area (Å²) in [5.41, 5.74) is 2.23. The summed E-state index contributed by atoms with van der Waals surface area (Å²) in [6.07, 6.45) is 6.29. The van der Waals surface area contributed by atoms with Gasteiger partial charge < -0.3 is 9.84 Å². The number of benzene rings is 1. The quantitative estimate of drug-likeness (QED) is 0.609. The van der Waals surface area contributed by atoms with Gasteiger partial charge in [0, 0.05) is 11.5 Å². The van der Waals surface area contributed by atoms with E-state index in [2.05, 4.69) is 22.6 Å². The highest BCUT2D eigenvalue weighted by Gasteiger charge is 2.19. The van der Waals surface area contributed by atoms with Crippen molar-refractivity contribution < 1.29 is 9.32 Å². The van der Waals surface area contributed by atoms with Crippen LogP contribution < -0.4 is 5.32 Å². The van der Waals surface area contributed by atoms with Crippen LogP contribution >= 0.6 is 11.8 Å². The molecule has 27 heavy (non-hydrogen) atoms. The van der Waals surface area contributed by atoms with Crippen molar-refractivity contribution in [2.75, 3.05) is 11.1 Å². The standard InChI is InChI=1S/C21H23N3O2S/c1-14-10-19(24-26-14)23-20(25)13-27-21-17(11-15-6-2-3-7-15)12-16-8-4-5-9-18(16)22-21/h4-5,8-10,12,15H,2-3,6-7,11,13H2,1H3,(H,23,24,25). The summed E-state index contributed by atoms with van der Waals surface area (Å²) in [5, 5.41) is 8.71. The number of thioether (sulfide) groups is 1. The molecule has 1 aliphatic carbocycles. The predicted molar refractivity (Wildman–Crippen MR) is 108 cm³/mol. The third-order valence-electron chi connectivity index (χ3n) is 4.98. The minimum Gasteiger partial charge on any atom is -0.360 e. The molecule has 1 saturated carbocycles. The van der Waals surface area contributed by atoms with Gasteiger partial charge in [0.15, 0.2) is 5.82 Å². The van der Waals surface area contributed by atoms with E-state index in [1.807, 2.05) is 18.2 Å². The minimum atomic E-state index is -0.102. The van der Waals surface area contributed by atoms with Crippen LogP contribution in [0.15, 0.2) is 45.9 Å². The van der Waals surface area contributed by atoms with E-state index < -0.39 is 0 Å². The van der Waals surface area contributed by atoms with Crippen molar-refractivity contribution >= 4 is 34.4 Å².